The Labute approximate surface area is 290 Å². The summed E-state index contributed by atoms with van der Waals surface area (Å²) in [6.45, 7) is 4.54. The number of piperazine rings is 1. The first-order valence-electron chi connectivity index (χ1n) is 16.0. The Bertz CT molecular complexity index is 1760. The molecule has 0 unspecified atom stereocenters. The van der Waals surface area contributed by atoms with Crippen LogP contribution in [-0.2, 0) is 32.0 Å². The maximum absolute atomic E-state index is 14.6. The molecular formula is C35H38N5NaO5. The summed E-state index contributed by atoms with van der Waals surface area (Å²) in [4.78, 5) is 52.4. The Kier molecular flexibility index (Phi) is 7.78. The van der Waals surface area contributed by atoms with E-state index in [9.17, 15) is 19.5 Å². The van der Waals surface area contributed by atoms with Gasteiger partial charge >= 0.3 is 29.6 Å². The molecule has 1 aromatic heterocycles. The van der Waals surface area contributed by atoms with Crippen LogP contribution in [0.2, 0.25) is 0 Å². The summed E-state index contributed by atoms with van der Waals surface area (Å²) in [6, 6.07) is 14.0. The van der Waals surface area contributed by atoms with Gasteiger partial charge in [-0.1, -0.05) is 74.0 Å². The molecule has 0 spiro atoms. The summed E-state index contributed by atoms with van der Waals surface area (Å²) in [6.07, 6.45) is 6.22. The normalized spacial score (nSPS) is 31.8. The van der Waals surface area contributed by atoms with Crippen LogP contribution in [0.15, 0.2) is 60.8 Å². The third-order valence-electron chi connectivity index (χ3n) is 10.7. The Morgan fingerprint density at radius 1 is 1.15 bits per heavy atom. The van der Waals surface area contributed by atoms with Crippen molar-refractivity contribution in [3.8, 4) is 0 Å². The SMILES string of the molecule is CC(C)[C@@]1(NC(=O)[C@@H]2C=C3c4cccc5[n-]cc(c45)C[C@H]3N(C)C2)O[C@@]2(O)[C@@H]3CCCN3C(=O)[C@H](Cc3ccccc3)N2C1=O.[Na+]. The summed E-state index contributed by atoms with van der Waals surface area (Å²) < 4.78 is 6.49. The zero-order chi connectivity index (χ0) is 31.2. The predicted molar refractivity (Wildman–Crippen MR) is 166 cm³/mol. The van der Waals surface area contributed by atoms with Gasteiger partial charge in [-0.15, -0.1) is 5.52 Å². The summed E-state index contributed by atoms with van der Waals surface area (Å²) >= 11 is 0. The van der Waals surface area contributed by atoms with Crippen LogP contribution in [-0.4, -0.2) is 87.4 Å². The molecule has 3 saturated heterocycles. The molecule has 0 bridgehead atoms. The van der Waals surface area contributed by atoms with Crippen molar-refractivity contribution >= 4 is 34.2 Å². The van der Waals surface area contributed by atoms with Crippen molar-refractivity contribution in [2.75, 3.05) is 20.1 Å². The fraction of sp³-hybridized carbons (Fsp3) is 0.457. The number of hydrogen-bond acceptors (Lipinski definition) is 6. The number of amides is 3. The Morgan fingerprint density at radius 3 is 2.70 bits per heavy atom. The Hall–Kier alpha value is -2.99. The predicted octanol–water partition coefficient (Wildman–Crippen LogP) is -0.740. The van der Waals surface area contributed by atoms with Crippen molar-refractivity contribution in [3.05, 3.63) is 77.5 Å². The van der Waals surface area contributed by atoms with E-state index in [1.165, 1.54) is 10.5 Å². The van der Waals surface area contributed by atoms with E-state index in [1.807, 2.05) is 61.8 Å². The third-order valence-corrected chi connectivity index (χ3v) is 10.7. The van der Waals surface area contributed by atoms with Crippen molar-refractivity contribution in [1.82, 2.24) is 25.0 Å². The van der Waals surface area contributed by atoms with E-state index in [0.29, 0.717) is 25.9 Å². The smallest absolute Gasteiger partial charge is 0.663 e. The molecule has 0 saturated carbocycles. The number of ether oxygens (including phenoxy) is 1. The van der Waals surface area contributed by atoms with Gasteiger partial charge in [0, 0.05) is 31.5 Å². The van der Waals surface area contributed by atoms with E-state index < -0.39 is 41.5 Å². The first-order chi connectivity index (χ1) is 21.6. The van der Waals surface area contributed by atoms with E-state index in [2.05, 4.69) is 21.3 Å². The minimum atomic E-state index is -2.06. The van der Waals surface area contributed by atoms with Gasteiger partial charge in [-0.3, -0.25) is 28.9 Å². The quantitative estimate of drug-likeness (QED) is 0.357. The molecule has 10 nitrogen and oxygen atoms in total. The number of fused-ring (bicyclic) bond motifs is 5. The van der Waals surface area contributed by atoms with E-state index in [0.717, 1.165) is 34.0 Å². The summed E-state index contributed by atoms with van der Waals surface area (Å²) in [5, 5.41) is 16.4. The van der Waals surface area contributed by atoms with Crippen molar-refractivity contribution in [3.63, 3.8) is 0 Å². The van der Waals surface area contributed by atoms with Gasteiger partial charge in [0.15, 0.2) is 0 Å². The minimum absolute atomic E-state index is 0. The second-order valence-corrected chi connectivity index (χ2v) is 13.6. The van der Waals surface area contributed by atoms with Gasteiger partial charge in [0.25, 0.3) is 11.8 Å². The number of benzene rings is 2. The number of nitrogens with one attached hydrogen (secondary N) is 1. The number of aromatic nitrogens is 1. The number of rotatable bonds is 5. The summed E-state index contributed by atoms with van der Waals surface area (Å²) in [5.41, 5.74) is 3.35. The molecule has 4 aliphatic heterocycles. The van der Waals surface area contributed by atoms with E-state index >= 15 is 0 Å². The molecule has 5 aliphatic rings. The number of carbonyl (C=O) groups is 3. The molecule has 3 aromatic rings. The third kappa shape index (κ3) is 4.48. The molecule has 234 valence electrons. The van der Waals surface area contributed by atoms with Crippen molar-refractivity contribution in [2.45, 2.75) is 69.3 Å². The molecule has 46 heavy (non-hydrogen) atoms. The number of carbonyl (C=O) groups excluding carboxylic acids is 3. The van der Waals surface area contributed by atoms with E-state index in [1.54, 1.807) is 18.7 Å². The number of hydrogen-bond donors (Lipinski definition) is 2. The van der Waals surface area contributed by atoms with Crippen LogP contribution in [0.5, 0.6) is 0 Å². The molecule has 11 heteroatoms. The molecule has 2 N–H and O–H groups in total. The van der Waals surface area contributed by atoms with Crippen LogP contribution in [0.3, 0.4) is 0 Å². The van der Waals surface area contributed by atoms with E-state index in [-0.39, 0.29) is 53.8 Å². The first kappa shape index (κ1) is 31.6. The number of aliphatic hydroxyl groups is 1. The fourth-order valence-corrected chi connectivity index (χ4v) is 8.40. The average molecular weight is 632 g/mol. The molecule has 5 heterocycles. The van der Waals surface area contributed by atoms with Crippen LogP contribution in [0, 0.1) is 11.8 Å². The topological polar surface area (TPSA) is 117 Å². The number of nitrogens with zero attached hydrogens (tertiary/aromatic N) is 4. The van der Waals surface area contributed by atoms with Crippen molar-refractivity contribution < 1.29 is 53.8 Å². The molecule has 2 aromatic carbocycles. The minimum Gasteiger partial charge on any atom is -0.663 e. The van der Waals surface area contributed by atoms with Gasteiger partial charge in [0.1, 0.15) is 12.1 Å². The van der Waals surface area contributed by atoms with Crippen LogP contribution in [0.4, 0.5) is 0 Å². The second kappa shape index (κ2) is 11.3. The average Bonchev–Trinajstić information content (AvgIpc) is 3.74. The van der Waals surface area contributed by atoms with Gasteiger partial charge in [-0.2, -0.15) is 6.20 Å². The first-order valence-corrected chi connectivity index (χ1v) is 16.0. The van der Waals surface area contributed by atoms with E-state index in [4.69, 9.17) is 4.74 Å². The van der Waals surface area contributed by atoms with Crippen LogP contribution < -0.4 is 39.9 Å². The monoisotopic (exact) mass is 631 g/mol. The zero-order valence-corrected chi connectivity index (χ0v) is 28.8. The van der Waals surface area contributed by atoms with Crippen LogP contribution >= 0.6 is 0 Å². The Balaban J connectivity index is 0.00000338. The molecule has 6 atom stereocenters. The van der Waals surface area contributed by atoms with Gasteiger partial charge in [-0.05, 0) is 48.4 Å². The van der Waals surface area contributed by atoms with Gasteiger partial charge in [0.2, 0.25) is 17.5 Å². The molecule has 3 amide bonds. The van der Waals surface area contributed by atoms with Crippen LogP contribution in [0.25, 0.3) is 16.5 Å². The molecule has 1 aliphatic carbocycles. The largest absolute Gasteiger partial charge is 1.00 e. The standard InChI is InChI=1S/C35H38N5O5.Na/c1-20(2)34(37-31(41)23-16-25-24-11-7-12-26-30(24)22(18-36-26)17-27(25)38(3)19-23)33(43)40-28(15-21-9-5-4-6-10-21)32(42)39-14-8-13-29(39)35(40,44)45-34;/h4-7,9-12,16,18,20,23,27-29,44H,8,13-15,17,19H2,1-3H3,(H,37,41);/q-1;+1/t23-,27-,28+,29+,34-,35+;/m1./s1. The molecular weight excluding hydrogens is 593 g/mol. The fourth-order valence-electron chi connectivity index (χ4n) is 8.40. The van der Waals surface area contributed by atoms with Crippen molar-refractivity contribution in [2.24, 2.45) is 11.8 Å². The molecule has 3 fully saturated rings. The maximum atomic E-state index is 14.6. The Morgan fingerprint density at radius 2 is 1.93 bits per heavy atom. The summed E-state index contributed by atoms with van der Waals surface area (Å²) in [5.74, 6) is -4.30. The van der Waals surface area contributed by atoms with Gasteiger partial charge in [-0.25, -0.2) is 0 Å². The molecule has 8 rings (SSSR count). The summed E-state index contributed by atoms with van der Waals surface area (Å²) in [7, 11) is 2.02. The molecule has 0 radical (unpaired) electrons. The number of likely N-dealkylation sites (N-methyl/N-ethyl adjacent to an activating group) is 1. The maximum Gasteiger partial charge on any atom is 1.00 e. The van der Waals surface area contributed by atoms with Gasteiger partial charge in [0.05, 0.1) is 5.92 Å². The van der Waals surface area contributed by atoms with Gasteiger partial charge < -0.3 is 20.3 Å². The van der Waals surface area contributed by atoms with Crippen LogP contribution in [0.1, 0.15) is 43.4 Å². The second-order valence-electron chi connectivity index (χ2n) is 13.6. The zero-order valence-electron chi connectivity index (χ0n) is 26.8. The van der Waals surface area contributed by atoms with Crippen molar-refractivity contribution in [1.29, 1.82) is 0 Å².